The second-order valence-corrected chi connectivity index (χ2v) is 6.73. The lowest BCUT2D eigenvalue weighted by Crippen LogP contribution is -2.05. The van der Waals surface area contributed by atoms with Crippen molar-refractivity contribution < 1.29 is 18.3 Å². The van der Waals surface area contributed by atoms with Crippen molar-refractivity contribution in [3.05, 3.63) is 22.2 Å². The summed E-state index contributed by atoms with van der Waals surface area (Å²) >= 11 is 3.28. The standard InChI is InChI=1S/C11H15BrO4S/c1-7(6-13)8-4-9(12)11(16-2)10(5-8)17(3,14)15/h4-5,7,13H,6H2,1-3H3. The normalized spacial score (nSPS) is 13.5. The molecule has 0 aliphatic carbocycles. The molecule has 1 unspecified atom stereocenters. The smallest absolute Gasteiger partial charge is 0.179 e. The highest BCUT2D eigenvalue weighted by Gasteiger charge is 2.20. The zero-order valence-corrected chi connectivity index (χ0v) is 12.3. The molecular weight excluding hydrogens is 308 g/mol. The quantitative estimate of drug-likeness (QED) is 0.920. The molecule has 1 aromatic rings. The Hall–Kier alpha value is -0.590. The molecule has 0 aromatic heterocycles. The van der Waals surface area contributed by atoms with E-state index in [-0.39, 0.29) is 17.4 Å². The molecule has 0 radical (unpaired) electrons. The monoisotopic (exact) mass is 322 g/mol. The van der Waals surface area contributed by atoms with Gasteiger partial charge in [-0.2, -0.15) is 0 Å². The molecule has 1 rings (SSSR count). The molecule has 0 saturated carbocycles. The lowest BCUT2D eigenvalue weighted by Gasteiger charge is -2.14. The van der Waals surface area contributed by atoms with Gasteiger partial charge in [-0.05, 0) is 33.6 Å². The summed E-state index contributed by atoms with van der Waals surface area (Å²) in [4.78, 5) is 0.129. The number of benzene rings is 1. The van der Waals surface area contributed by atoms with E-state index in [0.717, 1.165) is 11.8 Å². The molecule has 0 fully saturated rings. The Morgan fingerprint density at radius 1 is 1.47 bits per heavy atom. The summed E-state index contributed by atoms with van der Waals surface area (Å²) in [6, 6.07) is 3.30. The molecular formula is C11H15BrO4S. The molecule has 0 spiro atoms. The van der Waals surface area contributed by atoms with Crippen molar-refractivity contribution in [3.8, 4) is 5.75 Å². The molecule has 0 bridgehead atoms. The van der Waals surface area contributed by atoms with Crippen molar-refractivity contribution >= 4 is 25.8 Å². The molecule has 4 nitrogen and oxygen atoms in total. The lowest BCUT2D eigenvalue weighted by atomic mass is 10.0. The molecule has 0 saturated heterocycles. The van der Waals surface area contributed by atoms with Gasteiger partial charge in [0.15, 0.2) is 15.6 Å². The fourth-order valence-corrected chi connectivity index (χ4v) is 3.10. The van der Waals surface area contributed by atoms with Crippen molar-refractivity contribution in [1.29, 1.82) is 0 Å². The van der Waals surface area contributed by atoms with Crippen LogP contribution >= 0.6 is 15.9 Å². The molecule has 96 valence electrons. The van der Waals surface area contributed by atoms with Gasteiger partial charge in [-0.3, -0.25) is 0 Å². The summed E-state index contributed by atoms with van der Waals surface area (Å²) in [6.45, 7) is 1.78. The number of methoxy groups -OCH3 is 1. The number of sulfone groups is 1. The third-order valence-electron chi connectivity index (χ3n) is 2.48. The number of hydrogen-bond acceptors (Lipinski definition) is 4. The van der Waals surface area contributed by atoms with Gasteiger partial charge < -0.3 is 9.84 Å². The Morgan fingerprint density at radius 2 is 2.06 bits per heavy atom. The van der Waals surface area contributed by atoms with Gasteiger partial charge in [-0.1, -0.05) is 6.92 Å². The zero-order valence-electron chi connectivity index (χ0n) is 9.90. The second-order valence-electron chi connectivity index (χ2n) is 3.89. The van der Waals surface area contributed by atoms with Gasteiger partial charge in [-0.15, -0.1) is 0 Å². The first-order valence-corrected chi connectivity index (χ1v) is 7.68. The Morgan fingerprint density at radius 3 is 2.47 bits per heavy atom. The topological polar surface area (TPSA) is 63.6 Å². The molecule has 0 aliphatic rings. The van der Waals surface area contributed by atoms with Crippen LogP contribution in [0, 0.1) is 0 Å². The Labute approximate surface area is 110 Å². The Bertz CT molecular complexity index is 510. The highest BCUT2D eigenvalue weighted by molar-refractivity contribution is 9.10. The summed E-state index contributed by atoms with van der Waals surface area (Å²) in [7, 11) is -1.95. The van der Waals surface area contributed by atoms with Crippen LogP contribution in [-0.4, -0.2) is 33.5 Å². The van der Waals surface area contributed by atoms with E-state index >= 15 is 0 Å². The second kappa shape index (κ2) is 5.37. The maximum absolute atomic E-state index is 11.7. The molecule has 1 N–H and O–H groups in total. The van der Waals surface area contributed by atoms with Crippen LogP contribution in [0.2, 0.25) is 0 Å². The number of halogens is 1. The van der Waals surface area contributed by atoms with E-state index in [9.17, 15) is 8.42 Å². The minimum absolute atomic E-state index is 0.0397. The van der Waals surface area contributed by atoms with Crippen LogP contribution in [0.3, 0.4) is 0 Å². The van der Waals surface area contributed by atoms with Gasteiger partial charge in [0.1, 0.15) is 4.90 Å². The summed E-state index contributed by atoms with van der Waals surface area (Å²) in [5.41, 5.74) is 0.751. The third-order valence-corrected chi connectivity index (χ3v) is 4.17. The van der Waals surface area contributed by atoms with Gasteiger partial charge in [0.05, 0.1) is 11.6 Å². The van der Waals surface area contributed by atoms with Crippen LogP contribution in [0.15, 0.2) is 21.5 Å². The molecule has 1 atom stereocenters. The Kier molecular flexibility index (Phi) is 4.57. The highest BCUT2D eigenvalue weighted by Crippen LogP contribution is 2.35. The molecule has 1 aromatic carbocycles. The van der Waals surface area contributed by atoms with E-state index in [1.165, 1.54) is 7.11 Å². The minimum Gasteiger partial charge on any atom is -0.494 e. The van der Waals surface area contributed by atoms with Crippen LogP contribution < -0.4 is 4.74 Å². The average molecular weight is 323 g/mol. The number of rotatable bonds is 4. The summed E-state index contributed by atoms with van der Waals surface area (Å²) < 4.78 is 29.0. The SMILES string of the molecule is COc1c(Br)cc(C(C)CO)cc1S(C)(=O)=O. The van der Waals surface area contributed by atoms with Crippen molar-refractivity contribution in [1.82, 2.24) is 0 Å². The third kappa shape index (κ3) is 3.20. The predicted octanol–water partition coefficient (Wildman–Crippen LogP) is 1.96. The summed E-state index contributed by atoms with van der Waals surface area (Å²) in [5, 5.41) is 9.10. The number of ether oxygens (including phenoxy) is 1. The summed E-state index contributed by atoms with van der Waals surface area (Å²) in [6.07, 6.45) is 1.13. The van der Waals surface area contributed by atoms with Crippen LogP contribution in [0.1, 0.15) is 18.4 Å². The van der Waals surface area contributed by atoms with E-state index < -0.39 is 9.84 Å². The molecule has 0 amide bonds. The number of aliphatic hydroxyl groups excluding tert-OH is 1. The molecule has 6 heteroatoms. The maximum Gasteiger partial charge on any atom is 0.179 e. The zero-order chi connectivity index (χ0) is 13.2. The lowest BCUT2D eigenvalue weighted by molar-refractivity contribution is 0.272. The van der Waals surface area contributed by atoms with E-state index in [4.69, 9.17) is 9.84 Å². The van der Waals surface area contributed by atoms with Crippen LogP contribution in [0.25, 0.3) is 0 Å². The van der Waals surface area contributed by atoms with Crippen molar-refractivity contribution in [3.63, 3.8) is 0 Å². The van der Waals surface area contributed by atoms with Crippen LogP contribution in [0.5, 0.6) is 5.75 Å². The van der Waals surface area contributed by atoms with Crippen molar-refractivity contribution in [2.45, 2.75) is 17.7 Å². The van der Waals surface area contributed by atoms with E-state index in [2.05, 4.69) is 15.9 Å². The number of hydrogen-bond donors (Lipinski definition) is 1. The van der Waals surface area contributed by atoms with Crippen molar-refractivity contribution in [2.24, 2.45) is 0 Å². The highest BCUT2D eigenvalue weighted by atomic mass is 79.9. The largest absolute Gasteiger partial charge is 0.494 e. The van der Waals surface area contributed by atoms with Crippen LogP contribution in [-0.2, 0) is 9.84 Å². The van der Waals surface area contributed by atoms with Gasteiger partial charge in [-0.25, -0.2) is 8.42 Å². The molecule has 0 heterocycles. The summed E-state index contributed by atoms with van der Waals surface area (Å²) in [5.74, 6) is 0.166. The van der Waals surface area contributed by atoms with E-state index in [1.54, 1.807) is 12.1 Å². The van der Waals surface area contributed by atoms with Gasteiger partial charge in [0, 0.05) is 18.8 Å². The van der Waals surface area contributed by atoms with Crippen LogP contribution in [0.4, 0.5) is 0 Å². The number of aliphatic hydroxyl groups is 1. The fourth-order valence-electron chi connectivity index (χ4n) is 1.45. The minimum atomic E-state index is -3.37. The first-order valence-electron chi connectivity index (χ1n) is 4.99. The van der Waals surface area contributed by atoms with Gasteiger partial charge >= 0.3 is 0 Å². The predicted molar refractivity (Wildman–Crippen MR) is 69.3 cm³/mol. The van der Waals surface area contributed by atoms with Crippen molar-refractivity contribution in [2.75, 3.05) is 20.0 Å². The average Bonchev–Trinajstić information content (AvgIpc) is 2.25. The van der Waals surface area contributed by atoms with E-state index in [1.807, 2.05) is 6.92 Å². The first-order chi connectivity index (χ1) is 7.81. The van der Waals surface area contributed by atoms with E-state index in [0.29, 0.717) is 10.2 Å². The Balaban J connectivity index is 3.50. The molecule has 0 aliphatic heterocycles. The van der Waals surface area contributed by atoms with Gasteiger partial charge in [0.2, 0.25) is 0 Å². The maximum atomic E-state index is 11.7. The first kappa shape index (κ1) is 14.5. The van der Waals surface area contributed by atoms with Gasteiger partial charge in [0.25, 0.3) is 0 Å². The molecule has 17 heavy (non-hydrogen) atoms. The fraction of sp³-hybridized carbons (Fsp3) is 0.455.